The maximum Gasteiger partial charge on any atom is 0.255 e. The number of amides is 1. The molecule has 0 saturated carbocycles. The molecule has 1 atom stereocenters. The van der Waals surface area contributed by atoms with Crippen LogP contribution in [0.2, 0.25) is 0 Å². The first-order valence-electron chi connectivity index (χ1n) is 6.48. The minimum absolute atomic E-state index is 0.121. The molecule has 1 aromatic carbocycles. The molecule has 19 heavy (non-hydrogen) atoms. The molecular weight excluding hydrogens is 244 g/mol. The molecule has 5 nitrogen and oxygen atoms in total. The normalized spacial score (nSPS) is 18.7. The van der Waals surface area contributed by atoms with Crippen LogP contribution in [0.15, 0.2) is 18.2 Å². The highest BCUT2D eigenvalue weighted by molar-refractivity contribution is 5.97. The van der Waals surface area contributed by atoms with E-state index in [0.717, 1.165) is 25.9 Å². The number of hydrogen-bond donors (Lipinski definition) is 2. The van der Waals surface area contributed by atoms with Crippen molar-refractivity contribution < 1.29 is 14.3 Å². The van der Waals surface area contributed by atoms with Gasteiger partial charge >= 0.3 is 0 Å². The van der Waals surface area contributed by atoms with Crippen molar-refractivity contribution in [3.8, 4) is 11.5 Å². The van der Waals surface area contributed by atoms with Gasteiger partial charge in [-0.25, -0.2) is 0 Å². The molecule has 0 aromatic heterocycles. The Hall–Kier alpha value is -1.75. The molecule has 0 unspecified atom stereocenters. The van der Waals surface area contributed by atoms with Gasteiger partial charge in [-0.3, -0.25) is 4.79 Å². The van der Waals surface area contributed by atoms with E-state index in [1.807, 2.05) is 0 Å². The second-order valence-corrected chi connectivity index (χ2v) is 4.58. The predicted octanol–water partition coefficient (Wildman–Crippen LogP) is 1.19. The monoisotopic (exact) mass is 264 g/mol. The van der Waals surface area contributed by atoms with Crippen molar-refractivity contribution in [2.75, 3.05) is 27.3 Å². The van der Waals surface area contributed by atoms with E-state index in [1.165, 1.54) is 0 Å². The van der Waals surface area contributed by atoms with Crippen molar-refractivity contribution in [3.05, 3.63) is 23.8 Å². The van der Waals surface area contributed by atoms with Gasteiger partial charge in [-0.15, -0.1) is 0 Å². The predicted molar refractivity (Wildman–Crippen MR) is 72.9 cm³/mol. The summed E-state index contributed by atoms with van der Waals surface area (Å²) in [6.07, 6.45) is 2.09. The van der Waals surface area contributed by atoms with Crippen molar-refractivity contribution in [1.82, 2.24) is 10.6 Å². The van der Waals surface area contributed by atoms with Gasteiger partial charge in [-0.1, -0.05) is 0 Å². The topological polar surface area (TPSA) is 59.6 Å². The number of ether oxygens (including phenoxy) is 2. The van der Waals surface area contributed by atoms with Crippen LogP contribution in [0.4, 0.5) is 0 Å². The van der Waals surface area contributed by atoms with Crippen LogP contribution in [0.5, 0.6) is 11.5 Å². The van der Waals surface area contributed by atoms with Crippen molar-refractivity contribution in [1.29, 1.82) is 0 Å². The molecular formula is C14H20N2O3. The zero-order valence-corrected chi connectivity index (χ0v) is 11.4. The summed E-state index contributed by atoms with van der Waals surface area (Å²) in [5.74, 6) is 1.08. The van der Waals surface area contributed by atoms with Crippen molar-refractivity contribution >= 4 is 5.91 Å². The van der Waals surface area contributed by atoms with Gasteiger partial charge in [0, 0.05) is 12.6 Å². The van der Waals surface area contributed by atoms with Gasteiger partial charge in [0.15, 0.2) is 0 Å². The molecule has 1 aliphatic heterocycles. The summed E-state index contributed by atoms with van der Waals surface area (Å²) >= 11 is 0. The van der Waals surface area contributed by atoms with Gasteiger partial charge in [-0.2, -0.15) is 0 Å². The lowest BCUT2D eigenvalue weighted by Crippen LogP contribution is -2.45. The molecule has 0 aliphatic carbocycles. The second kappa shape index (κ2) is 6.43. The minimum atomic E-state index is -0.121. The number of carbonyl (C=O) groups excluding carboxylic acids is 1. The molecule has 104 valence electrons. The van der Waals surface area contributed by atoms with E-state index in [4.69, 9.17) is 9.47 Å². The Kier molecular flexibility index (Phi) is 4.63. The summed E-state index contributed by atoms with van der Waals surface area (Å²) in [6, 6.07) is 5.40. The van der Waals surface area contributed by atoms with Crippen LogP contribution in [0.3, 0.4) is 0 Å². The highest BCUT2D eigenvalue weighted by Gasteiger charge is 2.19. The Bertz CT molecular complexity index is 442. The molecule has 1 saturated heterocycles. The van der Waals surface area contributed by atoms with Gasteiger partial charge in [0.2, 0.25) is 0 Å². The zero-order chi connectivity index (χ0) is 13.7. The number of carbonyl (C=O) groups is 1. The molecule has 2 N–H and O–H groups in total. The van der Waals surface area contributed by atoms with Gasteiger partial charge in [0.25, 0.3) is 5.91 Å². The fourth-order valence-corrected chi connectivity index (χ4v) is 2.23. The van der Waals surface area contributed by atoms with Crippen LogP contribution in [0, 0.1) is 0 Å². The maximum absolute atomic E-state index is 12.3. The lowest BCUT2D eigenvalue weighted by molar-refractivity contribution is 0.0927. The number of nitrogens with one attached hydrogen (secondary N) is 2. The lowest BCUT2D eigenvalue weighted by Gasteiger charge is -2.24. The minimum Gasteiger partial charge on any atom is -0.497 e. The Morgan fingerprint density at radius 1 is 1.37 bits per heavy atom. The van der Waals surface area contributed by atoms with E-state index < -0.39 is 0 Å². The third kappa shape index (κ3) is 3.38. The van der Waals surface area contributed by atoms with E-state index >= 15 is 0 Å². The summed E-state index contributed by atoms with van der Waals surface area (Å²) in [4.78, 5) is 12.3. The molecule has 1 aromatic rings. The number of benzene rings is 1. The molecule has 0 bridgehead atoms. The first-order chi connectivity index (χ1) is 9.24. The SMILES string of the molecule is COc1ccc(OC)c(C(=O)N[C@H]2CCCNC2)c1. The quantitative estimate of drug-likeness (QED) is 0.857. The van der Waals surface area contributed by atoms with E-state index in [2.05, 4.69) is 10.6 Å². The summed E-state index contributed by atoms with van der Waals surface area (Å²) in [7, 11) is 3.13. The highest BCUT2D eigenvalue weighted by atomic mass is 16.5. The molecule has 1 aliphatic rings. The van der Waals surface area contributed by atoms with Gasteiger partial charge in [-0.05, 0) is 37.6 Å². The molecule has 1 fully saturated rings. The molecule has 1 heterocycles. The van der Waals surface area contributed by atoms with E-state index in [-0.39, 0.29) is 11.9 Å². The summed E-state index contributed by atoms with van der Waals surface area (Å²) < 4.78 is 10.4. The lowest BCUT2D eigenvalue weighted by atomic mass is 10.1. The van der Waals surface area contributed by atoms with Gasteiger partial charge in [0.05, 0.1) is 19.8 Å². The first kappa shape index (κ1) is 13.7. The Balaban J connectivity index is 2.12. The molecule has 0 spiro atoms. The smallest absolute Gasteiger partial charge is 0.255 e. The van der Waals surface area contributed by atoms with Gasteiger partial charge in [0.1, 0.15) is 11.5 Å². The average Bonchev–Trinajstić information content (AvgIpc) is 2.47. The van der Waals surface area contributed by atoms with Crippen molar-refractivity contribution in [2.24, 2.45) is 0 Å². The highest BCUT2D eigenvalue weighted by Crippen LogP contribution is 2.24. The van der Waals surface area contributed by atoms with E-state index in [0.29, 0.717) is 17.1 Å². The largest absolute Gasteiger partial charge is 0.497 e. The summed E-state index contributed by atoms with van der Waals surface area (Å²) in [6.45, 7) is 1.84. The Labute approximate surface area is 113 Å². The number of hydrogen-bond acceptors (Lipinski definition) is 4. The second-order valence-electron chi connectivity index (χ2n) is 4.58. The van der Waals surface area contributed by atoms with Crippen LogP contribution in [0.25, 0.3) is 0 Å². The standard InChI is InChI=1S/C14H20N2O3/c1-18-11-5-6-13(19-2)12(8-11)14(17)16-10-4-3-7-15-9-10/h5-6,8,10,15H,3-4,7,9H2,1-2H3,(H,16,17)/t10-/m0/s1. The Morgan fingerprint density at radius 3 is 2.84 bits per heavy atom. The molecule has 2 rings (SSSR count). The summed E-state index contributed by atoms with van der Waals surface area (Å²) in [5.41, 5.74) is 0.507. The van der Waals surface area contributed by atoms with Crippen LogP contribution in [0.1, 0.15) is 23.2 Å². The number of piperidine rings is 1. The van der Waals surface area contributed by atoms with E-state index in [1.54, 1.807) is 32.4 Å². The maximum atomic E-state index is 12.3. The van der Waals surface area contributed by atoms with Crippen LogP contribution >= 0.6 is 0 Å². The molecule has 1 amide bonds. The fourth-order valence-electron chi connectivity index (χ4n) is 2.23. The average molecular weight is 264 g/mol. The summed E-state index contributed by atoms with van der Waals surface area (Å²) in [5, 5.41) is 6.30. The van der Waals surface area contributed by atoms with Crippen molar-refractivity contribution in [2.45, 2.75) is 18.9 Å². The van der Waals surface area contributed by atoms with Crippen LogP contribution in [-0.4, -0.2) is 39.3 Å². The Morgan fingerprint density at radius 2 is 2.21 bits per heavy atom. The zero-order valence-electron chi connectivity index (χ0n) is 11.4. The number of rotatable bonds is 4. The first-order valence-corrected chi connectivity index (χ1v) is 6.48. The molecule has 5 heteroatoms. The van der Waals surface area contributed by atoms with Gasteiger partial charge < -0.3 is 20.1 Å². The fraction of sp³-hybridized carbons (Fsp3) is 0.500. The number of methoxy groups -OCH3 is 2. The third-order valence-electron chi connectivity index (χ3n) is 3.28. The third-order valence-corrected chi connectivity index (χ3v) is 3.28. The van der Waals surface area contributed by atoms with Crippen LogP contribution < -0.4 is 20.1 Å². The molecule has 0 radical (unpaired) electrons. The van der Waals surface area contributed by atoms with Crippen LogP contribution in [-0.2, 0) is 0 Å². The van der Waals surface area contributed by atoms with E-state index in [9.17, 15) is 4.79 Å². The van der Waals surface area contributed by atoms with Crippen molar-refractivity contribution in [3.63, 3.8) is 0 Å².